The summed E-state index contributed by atoms with van der Waals surface area (Å²) in [5.41, 5.74) is 17.0. The largest absolute Gasteiger partial charge is 0.310 e. The second-order valence-electron chi connectivity index (χ2n) is 14.6. The van der Waals surface area contributed by atoms with Gasteiger partial charge in [0.05, 0.1) is 16.7 Å². The van der Waals surface area contributed by atoms with Crippen molar-refractivity contribution in [3.05, 3.63) is 205 Å². The molecule has 0 N–H and O–H groups in total. The van der Waals surface area contributed by atoms with E-state index in [9.17, 15) is 0 Å². The van der Waals surface area contributed by atoms with Gasteiger partial charge in [-0.15, -0.1) is 0 Å². The normalized spacial score (nSPS) is 12.9. The molecule has 0 fully saturated rings. The third-order valence-corrected chi connectivity index (χ3v) is 11.2. The molecule has 0 saturated heterocycles. The van der Waals surface area contributed by atoms with E-state index in [1.165, 1.54) is 66.3 Å². The molecule has 8 aromatic carbocycles. The fraction of sp³-hybridized carbons (Fsp3) is 0.0588. The van der Waals surface area contributed by atoms with E-state index in [1.807, 2.05) is 0 Å². The Morgan fingerprint density at radius 2 is 1.00 bits per heavy atom. The molecule has 1 aromatic heterocycles. The number of hydrogen-bond acceptors (Lipinski definition) is 1. The number of aromatic nitrogens is 1. The summed E-state index contributed by atoms with van der Waals surface area (Å²) in [5, 5.41) is 2.52. The molecule has 1 aliphatic rings. The molecule has 252 valence electrons. The first kappa shape index (κ1) is 31.1. The smallest absolute Gasteiger partial charge is 0.0588 e. The zero-order valence-corrected chi connectivity index (χ0v) is 29.9. The molecule has 0 spiro atoms. The van der Waals surface area contributed by atoms with Gasteiger partial charge >= 0.3 is 0 Å². The molecule has 0 saturated carbocycles. The quantitative estimate of drug-likeness (QED) is 0.170. The maximum Gasteiger partial charge on any atom is 0.0588 e. The lowest BCUT2D eigenvalue weighted by Gasteiger charge is -2.28. The molecule has 1 aliphatic carbocycles. The number of hydrogen-bond donors (Lipinski definition) is 0. The Morgan fingerprint density at radius 1 is 0.434 bits per heavy atom. The highest BCUT2D eigenvalue weighted by molar-refractivity contribution is 6.14. The fourth-order valence-corrected chi connectivity index (χ4v) is 8.72. The van der Waals surface area contributed by atoms with Gasteiger partial charge in [0.1, 0.15) is 0 Å². The zero-order valence-electron chi connectivity index (χ0n) is 29.9. The van der Waals surface area contributed by atoms with Gasteiger partial charge in [0.15, 0.2) is 0 Å². The molecule has 0 aliphatic heterocycles. The van der Waals surface area contributed by atoms with Gasteiger partial charge in [-0.2, -0.15) is 0 Å². The van der Waals surface area contributed by atoms with Crippen LogP contribution in [0.3, 0.4) is 0 Å². The lowest BCUT2D eigenvalue weighted by molar-refractivity contribution is 0.664. The molecule has 2 nitrogen and oxygen atoms in total. The minimum atomic E-state index is -0.156. The van der Waals surface area contributed by atoms with Crippen LogP contribution in [0.15, 0.2) is 194 Å². The number of benzene rings is 8. The van der Waals surface area contributed by atoms with E-state index in [0.29, 0.717) is 0 Å². The molecule has 0 radical (unpaired) electrons. The number of fused-ring (bicyclic) bond motifs is 7. The summed E-state index contributed by atoms with van der Waals surface area (Å²) in [6.45, 7) is 4.77. The van der Waals surface area contributed by atoms with Crippen LogP contribution in [0, 0.1) is 0 Å². The highest BCUT2D eigenvalue weighted by atomic mass is 15.1. The molecule has 1 heterocycles. The van der Waals surface area contributed by atoms with Crippen LogP contribution in [0.4, 0.5) is 17.1 Å². The van der Waals surface area contributed by atoms with Gasteiger partial charge in [-0.3, -0.25) is 0 Å². The average Bonchev–Trinajstić information content (AvgIpc) is 3.67. The van der Waals surface area contributed by atoms with Crippen molar-refractivity contribution in [2.24, 2.45) is 0 Å². The number of rotatable bonds is 6. The van der Waals surface area contributed by atoms with Crippen molar-refractivity contribution in [1.82, 2.24) is 4.57 Å². The molecule has 0 unspecified atom stereocenters. The summed E-state index contributed by atoms with van der Waals surface area (Å²) in [6.07, 6.45) is 0. The molecule has 0 bridgehead atoms. The summed E-state index contributed by atoms with van der Waals surface area (Å²) in [4.78, 5) is 2.42. The third kappa shape index (κ3) is 4.94. The Bertz CT molecular complexity index is 2780. The summed E-state index contributed by atoms with van der Waals surface area (Å²) in [5.74, 6) is 0. The van der Waals surface area contributed by atoms with Gasteiger partial charge in [0.2, 0.25) is 0 Å². The van der Waals surface area contributed by atoms with Crippen molar-refractivity contribution in [3.63, 3.8) is 0 Å². The first-order valence-corrected chi connectivity index (χ1v) is 18.4. The van der Waals surface area contributed by atoms with E-state index in [1.54, 1.807) is 0 Å². The predicted octanol–water partition coefficient (Wildman–Crippen LogP) is 13.9. The molecule has 0 atom stereocenters. The van der Waals surface area contributed by atoms with Crippen LogP contribution in [0.2, 0.25) is 0 Å². The van der Waals surface area contributed by atoms with Crippen molar-refractivity contribution >= 4 is 38.9 Å². The van der Waals surface area contributed by atoms with Gasteiger partial charge in [-0.05, 0) is 81.4 Å². The SMILES string of the molecule is CC1(C)c2ccccc2-c2ccc3c4ccc(N(c5ccc(-c6ccccc6)cc5)c5ccccc5-c5ccccc5)cc4n(-c4ccccc4)c3c21. The molecule has 10 rings (SSSR count). The Balaban J connectivity index is 1.25. The van der Waals surface area contributed by atoms with Crippen LogP contribution in [0.5, 0.6) is 0 Å². The minimum absolute atomic E-state index is 0.156. The average molecular weight is 679 g/mol. The van der Waals surface area contributed by atoms with Crippen molar-refractivity contribution in [2.45, 2.75) is 19.3 Å². The maximum atomic E-state index is 2.51. The number of para-hydroxylation sites is 2. The van der Waals surface area contributed by atoms with E-state index >= 15 is 0 Å². The van der Waals surface area contributed by atoms with E-state index in [4.69, 9.17) is 0 Å². The van der Waals surface area contributed by atoms with Gasteiger partial charge in [-0.25, -0.2) is 0 Å². The lowest BCUT2D eigenvalue weighted by Crippen LogP contribution is -2.16. The Kier molecular flexibility index (Phi) is 7.19. The Morgan fingerprint density at radius 3 is 1.74 bits per heavy atom. The highest BCUT2D eigenvalue weighted by Crippen LogP contribution is 2.53. The second kappa shape index (κ2) is 12.3. The third-order valence-electron chi connectivity index (χ3n) is 11.2. The summed E-state index contributed by atoms with van der Waals surface area (Å²) in [7, 11) is 0. The molecule has 53 heavy (non-hydrogen) atoms. The van der Waals surface area contributed by atoms with Crippen molar-refractivity contribution < 1.29 is 0 Å². The zero-order chi connectivity index (χ0) is 35.5. The monoisotopic (exact) mass is 678 g/mol. The molecule has 0 amide bonds. The first-order chi connectivity index (χ1) is 26.1. The fourth-order valence-electron chi connectivity index (χ4n) is 8.72. The van der Waals surface area contributed by atoms with E-state index in [-0.39, 0.29) is 5.41 Å². The van der Waals surface area contributed by atoms with Gasteiger partial charge in [0.25, 0.3) is 0 Å². The van der Waals surface area contributed by atoms with Crippen molar-refractivity contribution in [2.75, 3.05) is 4.90 Å². The van der Waals surface area contributed by atoms with E-state index < -0.39 is 0 Å². The predicted molar refractivity (Wildman–Crippen MR) is 224 cm³/mol. The molecular formula is C51H38N2. The van der Waals surface area contributed by atoms with Crippen molar-refractivity contribution in [3.8, 4) is 39.1 Å². The van der Waals surface area contributed by atoms with Gasteiger partial charge in [0, 0.05) is 38.8 Å². The summed E-state index contributed by atoms with van der Waals surface area (Å²) >= 11 is 0. The minimum Gasteiger partial charge on any atom is -0.310 e. The topological polar surface area (TPSA) is 8.17 Å². The van der Waals surface area contributed by atoms with E-state index in [2.05, 4.69) is 217 Å². The van der Waals surface area contributed by atoms with Crippen LogP contribution < -0.4 is 4.90 Å². The van der Waals surface area contributed by atoms with Gasteiger partial charge in [-0.1, -0.05) is 166 Å². The van der Waals surface area contributed by atoms with Crippen LogP contribution >= 0.6 is 0 Å². The molecule has 9 aromatic rings. The standard InChI is InChI=1S/C51H38N2/c1-51(2)46-24-14-12-23-42(46)44-32-33-45-43-31-30-40(34-48(43)53(50(45)49(44)51)38-20-10-5-11-21-38)52(39-28-26-36(27-29-39)35-16-6-3-7-17-35)47-25-15-13-22-41(47)37-18-8-4-9-19-37/h3-34H,1-2H3. The van der Waals surface area contributed by atoms with Crippen LogP contribution in [0.1, 0.15) is 25.0 Å². The Labute approximate surface area is 310 Å². The number of nitrogens with zero attached hydrogens (tertiary/aromatic N) is 2. The summed E-state index contributed by atoms with van der Waals surface area (Å²) in [6, 6.07) is 70.7. The van der Waals surface area contributed by atoms with Crippen LogP contribution in [-0.4, -0.2) is 4.57 Å². The lowest BCUT2D eigenvalue weighted by atomic mass is 9.81. The second-order valence-corrected chi connectivity index (χ2v) is 14.6. The molecule has 2 heteroatoms. The number of anilines is 3. The summed E-state index contributed by atoms with van der Waals surface area (Å²) < 4.78 is 2.51. The van der Waals surface area contributed by atoms with Gasteiger partial charge < -0.3 is 9.47 Å². The highest BCUT2D eigenvalue weighted by Gasteiger charge is 2.38. The Hall–Kier alpha value is -6.64. The van der Waals surface area contributed by atoms with E-state index in [0.717, 1.165) is 22.7 Å². The molecular weight excluding hydrogens is 641 g/mol. The van der Waals surface area contributed by atoms with Crippen molar-refractivity contribution in [1.29, 1.82) is 0 Å². The maximum absolute atomic E-state index is 2.51. The van der Waals surface area contributed by atoms with Crippen LogP contribution in [-0.2, 0) is 5.41 Å². The van der Waals surface area contributed by atoms with Crippen LogP contribution in [0.25, 0.3) is 60.9 Å². The first-order valence-electron chi connectivity index (χ1n) is 18.4.